The number of sulfonamides is 1. The van der Waals surface area contributed by atoms with Gasteiger partial charge in [-0.1, -0.05) is 25.6 Å². The van der Waals surface area contributed by atoms with E-state index in [1.54, 1.807) is 13.8 Å². The first-order valence-corrected chi connectivity index (χ1v) is 6.18. The summed E-state index contributed by atoms with van der Waals surface area (Å²) in [4.78, 5) is 11.1. The SMILES string of the molecule is CC(C)SC(=O)C1=CC(N)=NS1(=O)=O. The van der Waals surface area contributed by atoms with Crippen molar-refractivity contribution in [3.63, 3.8) is 0 Å². The molecule has 0 unspecified atom stereocenters. The Hall–Kier alpha value is -0.820. The summed E-state index contributed by atoms with van der Waals surface area (Å²) < 4.78 is 25.6. The van der Waals surface area contributed by atoms with Gasteiger partial charge in [-0.05, 0) is 0 Å². The van der Waals surface area contributed by atoms with Gasteiger partial charge in [-0.15, -0.1) is 4.40 Å². The smallest absolute Gasteiger partial charge is 0.288 e. The average molecular weight is 234 g/mol. The third-order valence-corrected chi connectivity index (χ3v) is 3.67. The fourth-order valence-corrected chi connectivity index (χ4v) is 2.83. The lowest BCUT2D eigenvalue weighted by Gasteiger charge is -2.02. The van der Waals surface area contributed by atoms with E-state index in [4.69, 9.17) is 5.73 Å². The predicted molar refractivity (Wildman–Crippen MR) is 56.4 cm³/mol. The second-order valence-corrected chi connectivity index (χ2v) is 6.08. The van der Waals surface area contributed by atoms with Crippen LogP contribution in [0.15, 0.2) is 15.4 Å². The highest BCUT2D eigenvalue weighted by Gasteiger charge is 2.30. The van der Waals surface area contributed by atoms with Gasteiger partial charge in [0.2, 0.25) is 5.12 Å². The van der Waals surface area contributed by atoms with E-state index in [2.05, 4.69) is 4.40 Å². The highest BCUT2D eigenvalue weighted by molar-refractivity contribution is 8.16. The Morgan fingerprint density at radius 1 is 1.57 bits per heavy atom. The normalized spacial score (nSPS) is 19.4. The largest absolute Gasteiger partial charge is 0.383 e. The minimum atomic E-state index is -3.83. The van der Waals surface area contributed by atoms with Crippen molar-refractivity contribution in [1.82, 2.24) is 0 Å². The summed E-state index contributed by atoms with van der Waals surface area (Å²) in [5, 5.41) is -0.482. The highest BCUT2D eigenvalue weighted by Crippen LogP contribution is 2.24. The molecule has 0 aromatic heterocycles. The number of nitrogens with zero attached hydrogens (tertiary/aromatic N) is 1. The van der Waals surface area contributed by atoms with Crippen LogP contribution >= 0.6 is 11.8 Å². The number of rotatable bonds is 2. The van der Waals surface area contributed by atoms with Crippen LogP contribution in [0.5, 0.6) is 0 Å². The van der Waals surface area contributed by atoms with E-state index in [-0.39, 0.29) is 16.0 Å². The van der Waals surface area contributed by atoms with Crippen molar-refractivity contribution >= 4 is 32.7 Å². The first-order chi connectivity index (χ1) is 6.33. The van der Waals surface area contributed by atoms with Crippen LogP contribution < -0.4 is 5.73 Å². The van der Waals surface area contributed by atoms with Crippen LogP contribution in [0.25, 0.3) is 0 Å². The van der Waals surface area contributed by atoms with Crippen molar-refractivity contribution in [2.24, 2.45) is 10.1 Å². The fraction of sp³-hybridized carbons (Fsp3) is 0.429. The fourth-order valence-electron chi connectivity index (χ4n) is 0.859. The molecule has 0 aromatic rings. The molecule has 0 bridgehead atoms. The molecule has 1 aliphatic heterocycles. The van der Waals surface area contributed by atoms with Crippen LogP contribution in [0, 0.1) is 0 Å². The second kappa shape index (κ2) is 3.74. The molecular formula is C7H10N2O3S2. The first-order valence-electron chi connectivity index (χ1n) is 3.86. The van der Waals surface area contributed by atoms with Crippen molar-refractivity contribution < 1.29 is 13.2 Å². The van der Waals surface area contributed by atoms with Crippen molar-refractivity contribution in [2.75, 3.05) is 0 Å². The van der Waals surface area contributed by atoms with E-state index in [0.717, 1.165) is 17.8 Å². The molecule has 0 atom stereocenters. The van der Waals surface area contributed by atoms with Crippen LogP contribution in [0.2, 0.25) is 0 Å². The van der Waals surface area contributed by atoms with E-state index >= 15 is 0 Å². The summed E-state index contributed by atoms with van der Waals surface area (Å²) >= 11 is 0.941. The molecule has 0 radical (unpaired) electrons. The van der Waals surface area contributed by atoms with Crippen molar-refractivity contribution in [3.05, 3.63) is 11.0 Å². The Morgan fingerprint density at radius 2 is 2.14 bits per heavy atom. The summed E-state index contributed by atoms with van der Waals surface area (Å²) in [6.07, 6.45) is 1.09. The molecule has 1 aliphatic rings. The molecule has 0 spiro atoms. The highest BCUT2D eigenvalue weighted by atomic mass is 32.2. The van der Waals surface area contributed by atoms with E-state index in [0.29, 0.717) is 0 Å². The molecular weight excluding hydrogens is 224 g/mol. The summed E-state index contributed by atoms with van der Waals surface area (Å²) in [7, 11) is -3.83. The van der Waals surface area contributed by atoms with Gasteiger partial charge in [-0.2, -0.15) is 8.42 Å². The third-order valence-electron chi connectivity index (χ3n) is 1.33. The topological polar surface area (TPSA) is 89.6 Å². The maximum absolute atomic E-state index is 11.4. The Kier molecular flexibility index (Phi) is 3.01. The summed E-state index contributed by atoms with van der Waals surface area (Å²) in [5.41, 5.74) is 5.20. The lowest BCUT2D eigenvalue weighted by Crippen LogP contribution is -2.07. The molecule has 0 amide bonds. The van der Waals surface area contributed by atoms with Crippen LogP contribution in [-0.2, 0) is 14.8 Å². The number of nitrogens with two attached hydrogens (primary N) is 1. The molecule has 0 aliphatic carbocycles. The number of hydrogen-bond donors (Lipinski definition) is 1. The molecule has 0 saturated heterocycles. The van der Waals surface area contributed by atoms with Crippen molar-refractivity contribution in [2.45, 2.75) is 19.1 Å². The molecule has 0 saturated carbocycles. The Bertz CT molecular complexity index is 420. The number of carbonyl (C=O) groups excluding carboxylic acids is 1. The van der Waals surface area contributed by atoms with Gasteiger partial charge in [0.05, 0.1) is 0 Å². The molecule has 0 aromatic carbocycles. The summed E-state index contributed by atoms with van der Waals surface area (Å²) in [6.45, 7) is 3.60. The van der Waals surface area contributed by atoms with Gasteiger partial charge < -0.3 is 5.73 Å². The van der Waals surface area contributed by atoms with Crippen molar-refractivity contribution in [1.29, 1.82) is 0 Å². The van der Waals surface area contributed by atoms with Gasteiger partial charge in [0.25, 0.3) is 10.0 Å². The molecule has 78 valence electrons. The maximum atomic E-state index is 11.4. The first kappa shape index (κ1) is 11.3. The molecule has 7 heteroatoms. The molecule has 1 rings (SSSR count). The maximum Gasteiger partial charge on any atom is 0.288 e. The minimum Gasteiger partial charge on any atom is -0.383 e. The summed E-state index contributed by atoms with van der Waals surface area (Å²) in [5.74, 6) is -0.141. The van der Waals surface area contributed by atoms with E-state index in [1.165, 1.54) is 0 Å². The van der Waals surface area contributed by atoms with Crippen molar-refractivity contribution in [3.8, 4) is 0 Å². The van der Waals surface area contributed by atoms with Gasteiger partial charge in [0.15, 0.2) is 0 Å². The van der Waals surface area contributed by atoms with Gasteiger partial charge in [-0.3, -0.25) is 4.79 Å². The average Bonchev–Trinajstić information content (AvgIpc) is 2.22. The Morgan fingerprint density at radius 3 is 2.50 bits per heavy atom. The minimum absolute atomic E-state index is 0.0282. The van der Waals surface area contributed by atoms with E-state index in [1.807, 2.05) is 0 Å². The number of amidine groups is 1. The number of hydrogen-bond acceptors (Lipinski definition) is 5. The Labute approximate surface area is 86.5 Å². The molecule has 1 heterocycles. The predicted octanol–water partition coefficient (Wildman–Crippen LogP) is 0.239. The number of thioether (sulfide) groups is 1. The van der Waals surface area contributed by atoms with Crippen LogP contribution in [0.1, 0.15) is 13.8 Å². The molecule has 0 fully saturated rings. The summed E-state index contributed by atoms with van der Waals surface area (Å²) in [6, 6.07) is 0. The van der Waals surface area contributed by atoms with E-state index < -0.39 is 15.1 Å². The zero-order chi connectivity index (χ0) is 10.9. The zero-order valence-electron chi connectivity index (χ0n) is 7.72. The number of carbonyl (C=O) groups is 1. The quantitative estimate of drug-likeness (QED) is 0.739. The third kappa shape index (κ3) is 2.36. The van der Waals surface area contributed by atoms with E-state index in [9.17, 15) is 13.2 Å². The standard InChI is InChI=1S/C7H10N2O3S2/c1-4(2)13-7(10)5-3-6(8)9-14(5,11)12/h3-4H,1-2H3,(H2,8,9). The monoisotopic (exact) mass is 234 g/mol. The molecule has 2 N–H and O–H groups in total. The lowest BCUT2D eigenvalue weighted by atomic mass is 10.5. The lowest BCUT2D eigenvalue weighted by molar-refractivity contribution is -0.107. The second-order valence-electron chi connectivity index (χ2n) is 2.95. The molecule has 5 nitrogen and oxygen atoms in total. The van der Waals surface area contributed by atoms with Gasteiger partial charge in [0.1, 0.15) is 10.7 Å². The van der Waals surface area contributed by atoms with Gasteiger partial charge in [-0.25, -0.2) is 0 Å². The Balaban J connectivity index is 2.93. The van der Waals surface area contributed by atoms with Crippen LogP contribution in [0.3, 0.4) is 0 Å². The zero-order valence-corrected chi connectivity index (χ0v) is 9.35. The van der Waals surface area contributed by atoms with Crippen LogP contribution in [-0.4, -0.2) is 24.6 Å². The van der Waals surface area contributed by atoms with Gasteiger partial charge in [0, 0.05) is 11.3 Å². The van der Waals surface area contributed by atoms with Gasteiger partial charge >= 0.3 is 0 Å². The molecule has 14 heavy (non-hydrogen) atoms. The van der Waals surface area contributed by atoms with Crippen LogP contribution in [0.4, 0.5) is 0 Å².